The molecule has 0 radical (unpaired) electrons. The molecule has 0 aliphatic heterocycles. The highest BCUT2D eigenvalue weighted by Gasteiger charge is 2.15. The Morgan fingerprint density at radius 3 is 2.58 bits per heavy atom. The van der Waals surface area contributed by atoms with Crippen LogP contribution < -0.4 is 10.1 Å². The minimum absolute atomic E-state index is 0.144. The molecule has 0 aliphatic rings. The maximum absolute atomic E-state index is 12.4. The summed E-state index contributed by atoms with van der Waals surface area (Å²) < 4.78 is 17.3. The van der Waals surface area contributed by atoms with Gasteiger partial charge in [0.25, 0.3) is 5.91 Å². The average Bonchev–Trinajstić information content (AvgIpc) is 2.67. The third kappa shape index (κ3) is 4.70. The Labute approximate surface area is 154 Å². The van der Waals surface area contributed by atoms with Crippen molar-refractivity contribution in [1.82, 2.24) is 5.32 Å². The molecule has 2 aromatic carbocycles. The second kappa shape index (κ2) is 9.15. The highest BCUT2D eigenvalue weighted by molar-refractivity contribution is 7.85. The number of hydrogen-bond donors (Lipinski definition) is 2. The van der Waals surface area contributed by atoms with E-state index in [1.807, 2.05) is 0 Å². The van der Waals surface area contributed by atoms with Gasteiger partial charge in [-0.05, 0) is 36.2 Å². The van der Waals surface area contributed by atoms with Crippen molar-refractivity contribution < 1.29 is 23.6 Å². The van der Waals surface area contributed by atoms with Crippen LogP contribution in [0, 0.1) is 0 Å². The van der Waals surface area contributed by atoms with Crippen molar-refractivity contribution in [3.8, 4) is 5.75 Å². The molecule has 0 fully saturated rings. The van der Waals surface area contributed by atoms with E-state index in [4.69, 9.17) is 9.84 Å². The molecule has 1 unspecified atom stereocenters. The summed E-state index contributed by atoms with van der Waals surface area (Å²) in [4.78, 5) is 24.0. The summed E-state index contributed by atoms with van der Waals surface area (Å²) in [5.74, 6) is -0.406. The zero-order valence-electron chi connectivity index (χ0n) is 14.7. The SMILES string of the molecule is CCS(=O)c1ccccc1C(=O)NCCc1ccc(C(=O)O)cc1OC. The first-order chi connectivity index (χ1) is 12.5. The van der Waals surface area contributed by atoms with Crippen LogP contribution in [0.4, 0.5) is 0 Å². The zero-order valence-corrected chi connectivity index (χ0v) is 15.5. The normalized spacial score (nSPS) is 11.6. The van der Waals surface area contributed by atoms with Crippen LogP contribution in [0.2, 0.25) is 0 Å². The fraction of sp³-hybridized carbons (Fsp3) is 0.263. The van der Waals surface area contributed by atoms with Crippen LogP contribution in [0.1, 0.15) is 33.2 Å². The van der Waals surface area contributed by atoms with Crippen LogP contribution in [0.5, 0.6) is 5.75 Å². The maximum atomic E-state index is 12.4. The number of hydrogen-bond acceptors (Lipinski definition) is 4. The molecule has 0 saturated heterocycles. The van der Waals surface area contributed by atoms with Crippen molar-refractivity contribution in [2.45, 2.75) is 18.2 Å². The van der Waals surface area contributed by atoms with Crippen molar-refractivity contribution in [2.75, 3.05) is 19.4 Å². The molecule has 2 rings (SSSR count). The molecule has 0 bridgehead atoms. The van der Waals surface area contributed by atoms with E-state index in [1.54, 1.807) is 37.3 Å². The first-order valence-corrected chi connectivity index (χ1v) is 9.45. The smallest absolute Gasteiger partial charge is 0.335 e. The van der Waals surface area contributed by atoms with E-state index in [1.165, 1.54) is 19.2 Å². The van der Waals surface area contributed by atoms with Gasteiger partial charge in [0.15, 0.2) is 0 Å². The number of ether oxygens (including phenoxy) is 1. The molecule has 0 heterocycles. The summed E-state index contributed by atoms with van der Waals surface area (Å²) in [7, 11) is 0.259. The molecule has 138 valence electrons. The Morgan fingerprint density at radius 2 is 1.92 bits per heavy atom. The number of carbonyl (C=O) groups is 2. The van der Waals surface area contributed by atoms with Gasteiger partial charge in [0, 0.05) is 12.3 Å². The molecule has 1 atom stereocenters. The molecule has 0 saturated carbocycles. The molecular formula is C19H21NO5S. The number of benzene rings is 2. The van der Waals surface area contributed by atoms with Crippen molar-refractivity contribution in [2.24, 2.45) is 0 Å². The van der Waals surface area contributed by atoms with Gasteiger partial charge in [0.05, 0.1) is 33.9 Å². The molecule has 7 heteroatoms. The lowest BCUT2D eigenvalue weighted by Gasteiger charge is -2.11. The molecule has 2 aromatic rings. The van der Waals surface area contributed by atoms with Gasteiger partial charge in [0.1, 0.15) is 5.75 Å². The van der Waals surface area contributed by atoms with Gasteiger partial charge in [-0.1, -0.05) is 25.1 Å². The van der Waals surface area contributed by atoms with Gasteiger partial charge in [-0.2, -0.15) is 0 Å². The number of carboxylic acids is 1. The summed E-state index contributed by atoms with van der Waals surface area (Å²) in [6.45, 7) is 2.15. The summed E-state index contributed by atoms with van der Waals surface area (Å²) in [6, 6.07) is 11.5. The lowest BCUT2D eigenvalue weighted by atomic mass is 10.1. The van der Waals surface area contributed by atoms with Gasteiger partial charge in [-0.3, -0.25) is 9.00 Å². The molecule has 0 spiro atoms. The first-order valence-electron chi connectivity index (χ1n) is 8.13. The lowest BCUT2D eigenvalue weighted by Crippen LogP contribution is -2.27. The largest absolute Gasteiger partial charge is 0.496 e. The predicted octanol–water partition coefficient (Wildman–Crippen LogP) is 2.49. The Hall–Kier alpha value is -2.67. The standard InChI is InChI=1S/C19H21NO5S/c1-3-26(24)17-7-5-4-6-15(17)18(21)20-11-10-13-8-9-14(19(22)23)12-16(13)25-2/h4-9,12H,3,10-11H2,1-2H3,(H,20,21)(H,22,23). The van der Waals surface area contributed by atoms with E-state index in [2.05, 4.69) is 5.32 Å². The lowest BCUT2D eigenvalue weighted by molar-refractivity contribution is 0.0696. The Kier molecular flexibility index (Phi) is 6.91. The van der Waals surface area contributed by atoms with Gasteiger partial charge in [0.2, 0.25) is 0 Å². The number of carbonyl (C=O) groups excluding carboxylic acids is 1. The van der Waals surface area contributed by atoms with Crippen molar-refractivity contribution in [3.63, 3.8) is 0 Å². The second-order valence-electron chi connectivity index (χ2n) is 5.47. The minimum Gasteiger partial charge on any atom is -0.496 e. The van der Waals surface area contributed by atoms with E-state index in [0.717, 1.165) is 5.56 Å². The molecular weight excluding hydrogens is 354 g/mol. The summed E-state index contributed by atoms with van der Waals surface area (Å²) in [6.07, 6.45) is 0.480. The van der Waals surface area contributed by atoms with Gasteiger partial charge in [-0.15, -0.1) is 0 Å². The van der Waals surface area contributed by atoms with E-state index < -0.39 is 16.8 Å². The molecule has 6 nitrogen and oxygen atoms in total. The van der Waals surface area contributed by atoms with Gasteiger partial charge < -0.3 is 15.2 Å². The number of nitrogens with one attached hydrogen (secondary N) is 1. The average molecular weight is 375 g/mol. The zero-order chi connectivity index (χ0) is 19.1. The van der Waals surface area contributed by atoms with Crippen LogP contribution in [0.25, 0.3) is 0 Å². The van der Waals surface area contributed by atoms with E-state index in [0.29, 0.717) is 34.9 Å². The fourth-order valence-electron chi connectivity index (χ4n) is 2.50. The van der Waals surface area contributed by atoms with E-state index in [-0.39, 0.29) is 11.5 Å². The van der Waals surface area contributed by atoms with E-state index >= 15 is 0 Å². The molecule has 0 aromatic heterocycles. The Bertz CT molecular complexity index is 834. The summed E-state index contributed by atoms with van der Waals surface area (Å²) in [5.41, 5.74) is 1.34. The van der Waals surface area contributed by atoms with Crippen LogP contribution >= 0.6 is 0 Å². The van der Waals surface area contributed by atoms with Crippen molar-refractivity contribution >= 4 is 22.7 Å². The Morgan fingerprint density at radius 1 is 1.19 bits per heavy atom. The van der Waals surface area contributed by atoms with Gasteiger partial charge >= 0.3 is 5.97 Å². The van der Waals surface area contributed by atoms with Gasteiger partial charge in [-0.25, -0.2) is 4.79 Å². The number of aromatic carboxylic acids is 1. The van der Waals surface area contributed by atoms with Crippen LogP contribution in [-0.2, 0) is 17.2 Å². The molecule has 0 aliphatic carbocycles. The van der Waals surface area contributed by atoms with E-state index in [9.17, 15) is 13.8 Å². The minimum atomic E-state index is -1.21. The maximum Gasteiger partial charge on any atom is 0.335 e. The highest BCUT2D eigenvalue weighted by atomic mass is 32.2. The molecule has 26 heavy (non-hydrogen) atoms. The number of rotatable bonds is 8. The predicted molar refractivity (Wildman–Crippen MR) is 99.4 cm³/mol. The van der Waals surface area contributed by atoms with Crippen LogP contribution in [0.3, 0.4) is 0 Å². The third-order valence-corrected chi connectivity index (χ3v) is 5.22. The number of amides is 1. The Balaban J connectivity index is 2.06. The summed E-state index contributed by atoms with van der Waals surface area (Å²) in [5, 5.41) is 11.8. The molecule has 1 amide bonds. The quantitative estimate of drug-likeness (QED) is 0.739. The number of methoxy groups -OCH3 is 1. The highest BCUT2D eigenvalue weighted by Crippen LogP contribution is 2.21. The topological polar surface area (TPSA) is 92.7 Å². The van der Waals surface area contributed by atoms with Crippen molar-refractivity contribution in [3.05, 3.63) is 59.2 Å². The van der Waals surface area contributed by atoms with Crippen LogP contribution in [0.15, 0.2) is 47.4 Å². The van der Waals surface area contributed by atoms with Crippen LogP contribution in [-0.4, -0.2) is 40.6 Å². The second-order valence-corrected chi connectivity index (χ2v) is 7.18. The number of carboxylic acid groups (broad SMARTS) is 1. The third-order valence-electron chi connectivity index (χ3n) is 3.85. The monoisotopic (exact) mass is 375 g/mol. The molecule has 2 N–H and O–H groups in total. The summed E-state index contributed by atoms with van der Waals surface area (Å²) >= 11 is 0. The van der Waals surface area contributed by atoms with Crippen molar-refractivity contribution in [1.29, 1.82) is 0 Å². The fourth-order valence-corrected chi connectivity index (χ4v) is 3.45. The first kappa shape index (κ1) is 19.7.